The Morgan fingerprint density at radius 2 is 0.765 bits per heavy atom. The molecule has 0 saturated carbocycles. The van der Waals surface area contributed by atoms with Gasteiger partial charge in [0.25, 0.3) is 0 Å². The smallest absolute Gasteiger partial charge is 0.335 e. The van der Waals surface area contributed by atoms with Crippen LogP contribution < -0.4 is 0 Å². The molecule has 0 spiro atoms. The summed E-state index contributed by atoms with van der Waals surface area (Å²) in [6, 6.07) is 0. The zero-order valence-corrected chi connectivity index (χ0v) is 54.1. The summed E-state index contributed by atoms with van der Waals surface area (Å²) >= 11 is 0. The van der Waals surface area contributed by atoms with E-state index in [-0.39, 0.29) is 25.9 Å². The number of ether oxygens (including phenoxy) is 5. The first-order chi connectivity index (χ1) is 41.6. The molecule has 1 aliphatic heterocycles. The Morgan fingerprint density at radius 3 is 1.18 bits per heavy atom. The standard InChI is InChI=1S/C73H124O12/c1-4-7-10-13-16-19-22-25-28-31-33-36-38-41-44-47-50-53-56-59-65(74)81-62-64(83-66(75)60-57-54-51-48-45-42-40-37-34-32-29-26-23-20-17-14-11-8-5-2)63-82-73-71(69(78)68(77)70(85-73)72(79)80)84-67(76)61-58-55-52-49-46-43-39-35-30-27-24-21-18-15-12-9-6-3/h7,10,16,19,25-26,28-29,33,36,41,44,50,53,64,68-71,73,77-78H,4-6,8-9,11-15,17-18,20-24,27,30-32,34-35,37-40,42-43,45-49,51-52,54-63H2,1-3H3,(H,79,80)/b10-7-,19-16-,28-25-,29-26-,36-33-,44-41-,53-50-. The highest BCUT2D eigenvalue weighted by atomic mass is 16.7. The van der Waals surface area contributed by atoms with Crippen molar-refractivity contribution in [2.24, 2.45) is 0 Å². The summed E-state index contributed by atoms with van der Waals surface area (Å²) in [4.78, 5) is 51.4. The van der Waals surface area contributed by atoms with Crippen LogP contribution in [0.5, 0.6) is 0 Å². The van der Waals surface area contributed by atoms with Crippen LogP contribution in [-0.2, 0) is 42.9 Å². The lowest BCUT2D eigenvalue weighted by Crippen LogP contribution is -2.61. The zero-order valence-electron chi connectivity index (χ0n) is 54.1. The largest absolute Gasteiger partial charge is 0.479 e. The number of carboxylic acids is 1. The van der Waals surface area contributed by atoms with Crippen LogP contribution in [0.25, 0.3) is 0 Å². The van der Waals surface area contributed by atoms with Crippen molar-refractivity contribution in [1.29, 1.82) is 0 Å². The Bertz CT molecular complexity index is 1800. The van der Waals surface area contributed by atoms with Gasteiger partial charge < -0.3 is 39.0 Å². The monoisotopic (exact) mass is 1190 g/mol. The first-order valence-corrected chi connectivity index (χ1v) is 34.6. The SMILES string of the molecule is CC/C=C\C/C=C\C/C=C\C/C=C\C/C=C\C/C=C\CCC(=O)OCC(COC1OC(C(=O)O)C(O)C(O)C1OC(=O)CCCCCCCCCCCCCCCCCCC)OC(=O)CCCCCCCCCCC/C=C\CCCCCCCC. The summed E-state index contributed by atoms with van der Waals surface area (Å²) in [5, 5.41) is 31.7. The van der Waals surface area contributed by atoms with Gasteiger partial charge in [0.15, 0.2) is 24.6 Å². The number of aliphatic hydroxyl groups excluding tert-OH is 2. The van der Waals surface area contributed by atoms with Crippen molar-refractivity contribution < 1.29 is 58.2 Å². The van der Waals surface area contributed by atoms with Gasteiger partial charge in [-0.2, -0.15) is 0 Å². The first kappa shape index (κ1) is 78.9. The minimum atomic E-state index is -1.91. The summed E-state index contributed by atoms with van der Waals surface area (Å²) in [7, 11) is 0. The van der Waals surface area contributed by atoms with Gasteiger partial charge in [-0.3, -0.25) is 14.4 Å². The molecule has 0 aromatic heterocycles. The van der Waals surface area contributed by atoms with Crippen molar-refractivity contribution in [3.63, 3.8) is 0 Å². The fourth-order valence-electron chi connectivity index (χ4n) is 10.2. The number of unbranched alkanes of at least 4 members (excludes halogenated alkanes) is 31. The lowest BCUT2D eigenvalue weighted by molar-refractivity contribution is -0.301. The number of hydrogen-bond acceptors (Lipinski definition) is 11. The van der Waals surface area contributed by atoms with Crippen molar-refractivity contribution in [1.82, 2.24) is 0 Å². The molecule has 0 amide bonds. The van der Waals surface area contributed by atoms with Crippen molar-refractivity contribution in [2.75, 3.05) is 13.2 Å². The number of esters is 3. The third-order valence-corrected chi connectivity index (χ3v) is 15.5. The molecule has 6 atom stereocenters. The Balaban J connectivity index is 2.68. The highest BCUT2D eigenvalue weighted by Crippen LogP contribution is 2.27. The number of allylic oxidation sites excluding steroid dienone is 14. The van der Waals surface area contributed by atoms with Crippen LogP contribution in [0.15, 0.2) is 85.1 Å². The molecular formula is C73H124O12. The maximum atomic E-state index is 13.2. The Morgan fingerprint density at radius 1 is 0.400 bits per heavy atom. The molecule has 1 heterocycles. The highest BCUT2D eigenvalue weighted by molar-refractivity contribution is 5.74. The van der Waals surface area contributed by atoms with E-state index in [2.05, 4.69) is 93.7 Å². The van der Waals surface area contributed by atoms with Crippen LogP contribution in [0.3, 0.4) is 0 Å². The molecular weight excluding hydrogens is 1070 g/mol. The quantitative estimate of drug-likeness (QED) is 0.0228. The molecule has 1 rings (SSSR count). The molecule has 0 aromatic rings. The summed E-state index contributed by atoms with van der Waals surface area (Å²) < 4.78 is 28.5. The third-order valence-electron chi connectivity index (χ3n) is 15.5. The summed E-state index contributed by atoms with van der Waals surface area (Å²) in [6.45, 7) is 5.86. The van der Waals surface area contributed by atoms with Gasteiger partial charge in [-0.1, -0.05) is 286 Å². The van der Waals surface area contributed by atoms with E-state index < -0.39 is 67.3 Å². The molecule has 0 aromatic carbocycles. The van der Waals surface area contributed by atoms with Crippen molar-refractivity contribution in [3.8, 4) is 0 Å². The van der Waals surface area contributed by atoms with Crippen molar-refractivity contribution >= 4 is 23.9 Å². The summed E-state index contributed by atoms with van der Waals surface area (Å²) in [5.74, 6) is -3.21. The van der Waals surface area contributed by atoms with E-state index in [9.17, 15) is 34.5 Å². The Labute approximate surface area is 518 Å². The number of aliphatic carboxylic acids is 1. The average molecular weight is 1190 g/mol. The van der Waals surface area contributed by atoms with E-state index in [0.29, 0.717) is 19.3 Å². The third kappa shape index (κ3) is 49.6. The van der Waals surface area contributed by atoms with Gasteiger partial charge in [0, 0.05) is 19.3 Å². The topological polar surface area (TPSA) is 175 Å². The summed E-state index contributed by atoms with van der Waals surface area (Å²) in [6.07, 6.45) is 66.9. The Hall–Kier alpha value is -4.10. The molecule has 488 valence electrons. The zero-order chi connectivity index (χ0) is 61.7. The van der Waals surface area contributed by atoms with Gasteiger partial charge in [0.2, 0.25) is 0 Å². The molecule has 1 fully saturated rings. The molecule has 12 heteroatoms. The van der Waals surface area contributed by atoms with Gasteiger partial charge >= 0.3 is 23.9 Å². The average Bonchev–Trinajstić information content (AvgIpc) is 3.46. The highest BCUT2D eigenvalue weighted by Gasteiger charge is 2.50. The minimum absolute atomic E-state index is 0.0548. The fourth-order valence-corrected chi connectivity index (χ4v) is 10.2. The van der Waals surface area contributed by atoms with Gasteiger partial charge in [-0.05, 0) is 83.5 Å². The van der Waals surface area contributed by atoms with Gasteiger partial charge in [-0.15, -0.1) is 0 Å². The number of rotatable bonds is 59. The molecule has 6 unspecified atom stereocenters. The van der Waals surface area contributed by atoms with E-state index in [4.69, 9.17) is 23.7 Å². The van der Waals surface area contributed by atoms with Gasteiger partial charge in [0.1, 0.15) is 18.8 Å². The minimum Gasteiger partial charge on any atom is -0.479 e. The predicted molar refractivity (Wildman–Crippen MR) is 349 cm³/mol. The number of carbonyl (C=O) groups excluding carboxylic acids is 3. The van der Waals surface area contributed by atoms with Crippen LogP contribution in [0, 0.1) is 0 Å². The van der Waals surface area contributed by atoms with Crippen LogP contribution in [0.2, 0.25) is 0 Å². The number of aliphatic hydroxyl groups is 2. The Kier molecular flexibility index (Phi) is 55.9. The van der Waals surface area contributed by atoms with E-state index in [1.807, 2.05) is 12.2 Å². The van der Waals surface area contributed by atoms with Crippen LogP contribution in [-0.4, -0.2) is 89.2 Å². The number of hydrogen-bond donors (Lipinski definition) is 3. The van der Waals surface area contributed by atoms with Gasteiger partial charge in [-0.25, -0.2) is 4.79 Å². The second-order valence-corrected chi connectivity index (χ2v) is 23.4. The number of carboxylic acid groups (broad SMARTS) is 1. The van der Waals surface area contributed by atoms with Crippen LogP contribution in [0.4, 0.5) is 0 Å². The molecule has 85 heavy (non-hydrogen) atoms. The maximum absolute atomic E-state index is 13.2. The lowest BCUT2D eigenvalue weighted by atomic mass is 9.98. The van der Waals surface area contributed by atoms with Crippen LogP contribution >= 0.6 is 0 Å². The molecule has 0 radical (unpaired) electrons. The van der Waals surface area contributed by atoms with Crippen LogP contribution in [0.1, 0.15) is 303 Å². The number of carbonyl (C=O) groups is 4. The molecule has 1 aliphatic rings. The molecule has 0 bridgehead atoms. The van der Waals surface area contributed by atoms with E-state index >= 15 is 0 Å². The summed E-state index contributed by atoms with van der Waals surface area (Å²) in [5.41, 5.74) is 0. The first-order valence-electron chi connectivity index (χ1n) is 34.6. The predicted octanol–water partition coefficient (Wildman–Crippen LogP) is 19.0. The molecule has 0 aliphatic carbocycles. The molecule has 3 N–H and O–H groups in total. The second-order valence-electron chi connectivity index (χ2n) is 23.4. The maximum Gasteiger partial charge on any atom is 0.335 e. The molecule has 1 saturated heterocycles. The normalized spacial score (nSPS) is 18.0. The van der Waals surface area contributed by atoms with Gasteiger partial charge in [0.05, 0.1) is 6.61 Å². The van der Waals surface area contributed by atoms with E-state index in [1.165, 1.54) is 148 Å². The molecule has 12 nitrogen and oxygen atoms in total. The van der Waals surface area contributed by atoms with E-state index in [0.717, 1.165) is 96.3 Å². The van der Waals surface area contributed by atoms with E-state index in [1.54, 1.807) is 0 Å². The van der Waals surface area contributed by atoms with Crippen molar-refractivity contribution in [3.05, 3.63) is 85.1 Å². The second kappa shape index (κ2) is 60.2. The fraction of sp³-hybridized carbons (Fsp3) is 0.753. The lowest BCUT2D eigenvalue weighted by Gasteiger charge is -2.40. The van der Waals surface area contributed by atoms with Crippen molar-refractivity contribution in [2.45, 2.75) is 340 Å².